The van der Waals surface area contributed by atoms with E-state index in [0.717, 1.165) is 19.6 Å². The van der Waals surface area contributed by atoms with Gasteiger partial charge in [0.25, 0.3) is 0 Å². The fraction of sp³-hybridized carbons (Fsp3) is 0.385. The van der Waals surface area contributed by atoms with Crippen LogP contribution in [-0.4, -0.2) is 30.7 Å². The summed E-state index contributed by atoms with van der Waals surface area (Å²) in [5, 5.41) is 4.77. The Kier molecular flexibility index (Phi) is 2.33. The van der Waals surface area contributed by atoms with Crippen molar-refractivity contribution in [2.24, 2.45) is 0 Å². The van der Waals surface area contributed by atoms with Crippen LogP contribution in [0, 0.1) is 0 Å². The Morgan fingerprint density at radius 2 is 2.25 bits per heavy atom. The number of aromatic nitrogens is 1. The minimum absolute atomic E-state index is 0.568. The number of H-pyrrole nitrogens is 1. The molecule has 0 spiro atoms. The van der Waals surface area contributed by atoms with Gasteiger partial charge in [0.1, 0.15) is 0 Å². The van der Waals surface area contributed by atoms with Crippen molar-refractivity contribution >= 4 is 16.6 Å². The molecule has 0 saturated carbocycles. The van der Waals surface area contributed by atoms with Crippen LogP contribution in [0.25, 0.3) is 10.9 Å². The van der Waals surface area contributed by atoms with E-state index in [-0.39, 0.29) is 0 Å². The molecular formula is C13H17N3. The maximum absolute atomic E-state index is 3.47. The monoisotopic (exact) mass is 215 g/mol. The highest BCUT2D eigenvalue weighted by Gasteiger charge is 2.17. The van der Waals surface area contributed by atoms with Crippen LogP contribution in [0.1, 0.15) is 6.92 Å². The van der Waals surface area contributed by atoms with Crippen LogP contribution >= 0.6 is 0 Å². The molecule has 0 radical (unpaired) electrons. The van der Waals surface area contributed by atoms with E-state index in [1.807, 2.05) is 6.20 Å². The molecule has 0 amide bonds. The lowest BCUT2D eigenvalue weighted by Gasteiger charge is -2.33. The second-order valence-electron chi connectivity index (χ2n) is 4.52. The summed E-state index contributed by atoms with van der Waals surface area (Å²) < 4.78 is 0. The Morgan fingerprint density at radius 1 is 1.31 bits per heavy atom. The smallest absolute Gasteiger partial charge is 0.0691 e. The zero-order valence-corrected chi connectivity index (χ0v) is 9.53. The van der Waals surface area contributed by atoms with Crippen LogP contribution in [0.5, 0.6) is 0 Å². The number of nitrogens with one attached hydrogen (secondary N) is 2. The zero-order chi connectivity index (χ0) is 11.0. The van der Waals surface area contributed by atoms with Crippen molar-refractivity contribution < 1.29 is 0 Å². The number of anilines is 1. The van der Waals surface area contributed by atoms with Gasteiger partial charge in [0.15, 0.2) is 0 Å². The number of hydrogen-bond donors (Lipinski definition) is 2. The van der Waals surface area contributed by atoms with E-state index in [9.17, 15) is 0 Å². The number of para-hydroxylation sites is 1. The van der Waals surface area contributed by atoms with Crippen molar-refractivity contribution in [2.45, 2.75) is 13.0 Å². The highest BCUT2D eigenvalue weighted by molar-refractivity contribution is 5.91. The third-order valence-corrected chi connectivity index (χ3v) is 3.27. The highest BCUT2D eigenvalue weighted by atomic mass is 15.2. The molecule has 3 rings (SSSR count). The quantitative estimate of drug-likeness (QED) is 0.762. The van der Waals surface area contributed by atoms with Crippen LogP contribution < -0.4 is 10.2 Å². The molecular weight excluding hydrogens is 198 g/mol. The molecule has 2 heterocycles. The number of hydrogen-bond acceptors (Lipinski definition) is 2. The molecule has 1 aromatic carbocycles. The molecule has 3 nitrogen and oxygen atoms in total. The topological polar surface area (TPSA) is 31.1 Å². The predicted octanol–water partition coefficient (Wildman–Crippen LogP) is 1.97. The second kappa shape index (κ2) is 3.83. The lowest BCUT2D eigenvalue weighted by molar-refractivity contribution is 0.485. The van der Waals surface area contributed by atoms with Crippen molar-refractivity contribution in [3.8, 4) is 0 Å². The summed E-state index contributed by atoms with van der Waals surface area (Å²) in [5.41, 5.74) is 2.59. The molecule has 0 aliphatic carbocycles. The molecule has 1 aromatic heterocycles. The fourth-order valence-electron chi connectivity index (χ4n) is 2.48. The van der Waals surface area contributed by atoms with Gasteiger partial charge in [-0.15, -0.1) is 0 Å². The average molecular weight is 215 g/mol. The van der Waals surface area contributed by atoms with E-state index < -0.39 is 0 Å². The fourth-order valence-corrected chi connectivity index (χ4v) is 2.48. The van der Waals surface area contributed by atoms with E-state index in [1.165, 1.54) is 16.6 Å². The Bertz CT molecular complexity index is 489. The third-order valence-electron chi connectivity index (χ3n) is 3.27. The van der Waals surface area contributed by atoms with Gasteiger partial charge in [-0.05, 0) is 19.1 Å². The summed E-state index contributed by atoms with van der Waals surface area (Å²) in [4.78, 5) is 5.80. The standard InChI is InChI=1S/C13H17N3/c1-10-9-16(8-7-14-10)12-4-2-3-11-5-6-15-13(11)12/h2-6,10,14-15H,7-9H2,1H3/t10-/m0/s1. The molecule has 1 aliphatic heterocycles. The van der Waals surface area contributed by atoms with E-state index >= 15 is 0 Å². The number of nitrogens with zero attached hydrogens (tertiary/aromatic N) is 1. The molecule has 2 N–H and O–H groups in total. The minimum atomic E-state index is 0.568. The molecule has 1 aliphatic rings. The first kappa shape index (κ1) is 9.73. The van der Waals surface area contributed by atoms with E-state index in [0.29, 0.717) is 6.04 Å². The van der Waals surface area contributed by atoms with E-state index in [1.54, 1.807) is 0 Å². The molecule has 1 fully saturated rings. The number of benzene rings is 1. The van der Waals surface area contributed by atoms with Crippen LogP contribution in [-0.2, 0) is 0 Å². The largest absolute Gasteiger partial charge is 0.367 e. The highest BCUT2D eigenvalue weighted by Crippen LogP contribution is 2.26. The normalized spacial score (nSPS) is 21.6. The summed E-state index contributed by atoms with van der Waals surface area (Å²) in [6, 6.07) is 9.19. The van der Waals surface area contributed by atoms with E-state index in [4.69, 9.17) is 0 Å². The molecule has 1 atom stereocenters. The zero-order valence-electron chi connectivity index (χ0n) is 9.53. The summed E-state index contributed by atoms with van der Waals surface area (Å²) >= 11 is 0. The lowest BCUT2D eigenvalue weighted by atomic mass is 10.1. The maximum Gasteiger partial charge on any atom is 0.0691 e. The molecule has 84 valence electrons. The molecule has 2 aromatic rings. The maximum atomic E-state index is 3.47. The first-order valence-corrected chi connectivity index (χ1v) is 5.89. The van der Waals surface area contributed by atoms with Crippen molar-refractivity contribution in [1.82, 2.24) is 10.3 Å². The second-order valence-corrected chi connectivity index (χ2v) is 4.52. The van der Waals surface area contributed by atoms with Crippen molar-refractivity contribution in [1.29, 1.82) is 0 Å². The molecule has 16 heavy (non-hydrogen) atoms. The van der Waals surface area contributed by atoms with Gasteiger partial charge in [0.05, 0.1) is 11.2 Å². The SMILES string of the molecule is C[C@H]1CN(c2cccc3cc[nH]c23)CCN1. The Morgan fingerprint density at radius 3 is 3.12 bits per heavy atom. The molecule has 0 unspecified atom stereocenters. The Labute approximate surface area is 95.5 Å². The Balaban J connectivity index is 2.01. The molecule has 1 saturated heterocycles. The summed E-state index contributed by atoms with van der Waals surface area (Å²) in [5.74, 6) is 0. The minimum Gasteiger partial charge on any atom is -0.367 e. The van der Waals surface area contributed by atoms with Crippen molar-refractivity contribution in [3.05, 3.63) is 30.5 Å². The number of fused-ring (bicyclic) bond motifs is 1. The van der Waals surface area contributed by atoms with Crippen LogP contribution in [0.4, 0.5) is 5.69 Å². The van der Waals surface area contributed by atoms with Gasteiger partial charge in [-0.2, -0.15) is 0 Å². The van der Waals surface area contributed by atoms with Gasteiger partial charge < -0.3 is 15.2 Å². The lowest BCUT2D eigenvalue weighted by Crippen LogP contribution is -2.49. The molecule has 0 bridgehead atoms. The van der Waals surface area contributed by atoms with Gasteiger partial charge in [0.2, 0.25) is 0 Å². The molecule has 3 heteroatoms. The van der Waals surface area contributed by atoms with Crippen molar-refractivity contribution in [2.75, 3.05) is 24.5 Å². The predicted molar refractivity (Wildman–Crippen MR) is 68.0 cm³/mol. The van der Waals surface area contributed by atoms with Gasteiger partial charge in [-0.3, -0.25) is 0 Å². The number of piperazine rings is 1. The van der Waals surface area contributed by atoms with Crippen LogP contribution in [0.3, 0.4) is 0 Å². The first-order valence-electron chi connectivity index (χ1n) is 5.89. The van der Waals surface area contributed by atoms with Gasteiger partial charge >= 0.3 is 0 Å². The van der Waals surface area contributed by atoms with Gasteiger partial charge in [-0.25, -0.2) is 0 Å². The van der Waals surface area contributed by atoms with Gasteiger partial charge in [-0.1, -0.05) is 12.1 Å². The summed E-state index contributed by atoms with van der Waals surface area (Å²) in [7, 11) is 0. The Hall–Kier alpha value is -1.48. The first-order chi connectivity index (χ1) is 7.84. The average Bonchev–Trinajstić information content (AvgIpc) is 2.76. The number of rotatable bonds is 1. The summed E-state index contributed by atoms with van der Waals surface area (Å²) in [6.45, 7) is 5.47. The van der Waals surface area contributed by atoms with Crippen molar-refractivity contribution in [3.63, 3.8) is 0 Å². The van der Waals surface area contributed by atoms with Gasteiger partial charge in [0, 0.05) is 37.3 Å². The summed E-state index contributed by atoms with van der Waals surface area (Å²) in [6.07, 6.45) is 2.01. The van der Waals surface area contributed by atoms with Crippen LogP contribution in [0.2, 0.25) is 0 Å². The third kappa shape index (κ3) is 1.57. The number of aromatic amines is 1. The van der Waals surface area contributed by atoms with Crippen LogP contribution in [0.15, 0.2) is 30.5 Å². The van der Waals surface area contributed by atoms with E-state index in [2.05, 4.69) is 46.4 Å².